The Kier molecular flexibility index (Phi) is 3.87. The second-order valence-corrected chi connectivity index (χ2v) is 8.24. The molecule has 2 saturated carbocycles. The van der Waals surface area contributed by atoms with E-state index in [4.69, 9.17) is 0 Å². The number of nitrogens with one attached hydrogen (secondary N) is 1. The smallest absolute Gasteiger partial charge is 0.212 e. The molecule has 0 amide bonds. The molecule has 3 nitrogen and oxygen atoms in total. The van der Waals surface area contributed by atoms with Gasteiger partial charge in [-0.1, -0.05) is 36.8 Å². The summed E-state index contributed by atoms with van der Waals surface area (Å²) < 4.78 is 27.4. The van der Waals surface area contributed by atoms with Gasteiger partial charge in [-0.2, -0.15) is 0 Å². The van der Waals surface area contributed by atoms with Crippen molar-refractivity contribution in [3.8, 4) is 0 Å². The van der Waals surface area contributed by atoms with E-state index >= 15 is 0 Å². The highest BCUT2D eigenvalue weighted by atomic mass is 32.2. The van der Waals surface area contributed by atoms with Gasteiger partial charge in [0, 0.05) is 6.04 Å². The highest BCUT2D eigenvalue weighted by Crippen LogP contribution is 2.49. The van der Waals surface area contributed by atoms with Crippen molar-refractivity contribution >= 4 is 10.0 Å². The van der Waals surface area contributed by atoms with Crippen LogP contribution >= 0.6 is 0 Å². The maximum atomic E-state index is 12.3. The normalized spacial score (nSPS) is 30.6. The van der Waals surface area contributed by atoms with Crippen LogP contribution in [0.4, 0.5) is 0 Å². The molecular weight excluding hydrogens is 270 g/mol. The average molecular weight is 293 g/mol. The van der Waals surface area contributed by atoms with Crippen molar-refractivity contribution in [2.45, 2.75) is 44.4 Å². The molecule has 20 heavy (non-hydrogen) atoms. The van der Waals surface area contributed by atoms with E-state index in [2.05, 4.69) is 4.72 Å². The lowest BCUT2D eigenvalue weighted by atomic mass is 9.84. The predicted molar refractivity (Wildman–Crippen MR) is 80.6 cm³/mol. The van der Waals surface area contributed by atoms with Crippen LogP contribution < -0.4 is 4.72 Å². The molecule has 0 aromatic heterocycles. The molecule has 2 fully saturated rings. The lowest BCUT2D eigenvalue weighted by Crippen LogP contribution is -2.40. The minimum atomic E-state index is -3.24. The topological polar surface area (TPSA) is 46.2 Å². The molecule has 1 aromatic carbocycles. The lowest BCUT2D eigenvalue weighted by molar-refractivity contribution is 0.280. The van der Waals surface area contributed by atoms with Gasteiger partial charge in [0.05, 0.1) is 5.75 Å². The number of hydrogen-bond acceptors (Lipinski definition) is 2. The van der Waals surface area contributed by atoms with Crippen molar-refractivity contribution < 1.29 is 8.42 Å². The fourth-order valence-corrected chi connectivity index (χ4v) is 5.57. The zero-order valence-electron chi connectivity index (χ0n) is 12.0. The summed E-state index contributed by atoms with van der Waals surface area (Å²) in [6.07, 6.45) is 5.17. The quantitative estimate of drug-likeness (QED) is 0.907. The minimum absolute atomic E-state index is 0.0685. The van der Waals surface area contributed by atoms with E-state index in [0.717, 1.165) is 17.4 Å². The molecule has 0 heterocycles. The number of fused-ring (bicyclic) bond motifs is 2. The average Bonchev–Trinajstić information content (AvgIpc) is 3.01. The van der Waals surface area contributed by atoms with E-state index in [0.29, 0.717) is 5.92 Å². The molecule has 0 spiro atoms. The Bertz CT molecular complexity index is 555. The van der Waals surface area contributed by atoms with E-state index in [1.807, 2.05) is 37.3 Å². The number of benzene rings is 1. The monoisotopic (exact) mass is 293 g/mol. The Morgan fingerprint density at radius 2 is 1.95 bits per heavy atom. The molecule has 0 saturated heterocycles. The van der Waals surface area contributed by atoms with Crippen LogP contribution in [-0.2, 0) is 15.8 Å². The number of hydrogen-bond donors (Lipinski definition) is 1. The highest BCUT2D eigenvalue weighted by molar-refractivity contribution is 7.88. The molecule has 2 aliphatic rings. The van der Waals surface area contributed by atoms with Crippen LogP contribution in [0.3, 0.4) is 0 Å². The molecule has 1 aromatic rings. The fourth-order valence-electron chi connectivity index (χ4n) is 4.11. The summed E-state index contributed by atoms with van der Waals surface area (Å²) in [6.45, 7) is 2.04. The number of sulfonamides is 1. The van der Waals surface area contributed by atoms with Crippen molar-refractivity contribution in [2.24, 2.45) is 17.8 Å². The second-order valence-electron chi connectivity index (χ2n) is 6.49. The van der Waals surface area contributed by atoms with Gasteiger partial charge in [-0.25, -0.2) is 13.1 Å². The third-order valence-corrected chi connectivity index (χ3v) is 6.44. The molecule has 0 aliphatic heterocycles. The third kappa shape index (κ3) is 3.07. The van der Waals surface area contributed by atoms with Gasteiger partial charge in [-0.15, -0.1) is 0 Å². The largest absolute Gasteiger partial charge is 0.216 e. The Morgan fingerprint density at radius 1 is 1.20 bits per heavy atom. The second kappa shape index (κ2) is 5.49. The molecule has 4 atom stereocenters. The first kappa shape index (κ1) is 14.1. The molecule has 110 valence electrons. The third-order valence-electron chi connectivity index (χ3n) is 5.00. The molecule has 1 N–H and O–H groups in total. The summed E-state index contributed by atoms with van der Waals surface area (Å²) in [6, 6.07) is 9.46. The summed E-state index contributed by atoms with van der Waals surface area (Å²) in [7, 11) is -3.24. The van der Waals surface area contributed by atoms with Gasteiger partial charge in [0.2, 0.25) is 10.0 Å². The molecule has 2 bridgehead atoms. The first-order valence-corrected chi connectivity index (χ1v) is 9.22. The van der Waals surface area contributed by atoms with Gasteiger partial charge in [0.25, 0.3) is 0 Å². The fraction of sp³-hybridized carbons (Fsp3) is 0.625. The minimum Gasteiger partial charge on any atom is -0.212 e. The van der Waals surface area contributed by atoms with E-state index in [1.54, 1.807) is 0 Å². The zero-order chi connectivity index (χ0) is 14.2. The van der Waals surface area contributed by atoms with E-state index in [9.17, 15) is 8.42 Å². The van der Waals surface area contributed by atoms with Crippen LogP contribution in [0.1, 0.15) is 38.2 Å². The molecule has 2 aliphatic carbocycles. The van der Waals surface area contributed by atoms with Gasteiger partial charge in [-0.3, -0.25) is 0 Å². The van der Waals surface area contributed by atoms with Gasteiger partial charge in [-0.05, 0) is 49.5 Å². The first-order chi connectivity index (χ1) is 9.53. The molecule has 3 rings (SSSR count). The number of rotatable bonds is 5. The Labute approximate surface area is 121 Å². The maximum absolute atomic E-state index is 12.3. The lowest BCUT2D eigenvalue weighted by Gasteiger charge is -2.28. The molecule has 0 unspecified atom stereocenters. The molecular formula is C16H23NO2S. The Morgan fingerprint density at radius 3 is 2.55 bits per heavy atom. The van der Waals surface area contributed by atoms with Crippen molar-refractivity contribution in [3.05, 3.63) is 35.9 Å². The summed E-state index contributed by atoms with van der Waals surface area (Å²) in [5.74, 6) is 2.22. The Balaban J connectivity index is 1.61. The van der Waals surface area contributed by atoms with E-state index in [1.165, 1.54) is 25.7 Å². The van der Waals surface area contributed by atoms with Crippen LogP contribution in [0.2, 0.25) is 0 Å². The van der Waals surface area contributed by atoms with Crippen LogP contribution in [0, 0.1) is 17.8 Å². The summed E-state index contributed by atoms with van der Waals surface area (Å²) in [5.41, 5.74) is 0.847. The van der Waals surface area contributed by atoms with Crippen LogP contribution in [0.5, 0.6) is 0 Å². The summed E-state index contributed by atoms with van der Waals surface area (Å²) in [5, 5.41) is 0. The van der Waals surface area contributed by atoms with Crippen LogP contribution in [-0.4, -0.2) is 14.5 Å². The van der Waals surface area contributed by atoms with Crippen molar-refractivity contribution in [3.63, 3.8) is 0 Å². The molecule has 4 heteroatoms. The van der Waals surface area contributed by atoms with Gasteiger partial charge in [0.1, 0.15) is 0 Å². The summed E-state index contributed by atoms with van der Waals surface area (Å²) in [4.78, 5) is 0. The predicted octanol–water partition coefficient (Wildman–Crippen LogP) is 2.93. The first-order valence-electron chi connectivity index (χ1n) is 7.57. The molecule has 0 radical (unpaired) electrons. The maximum Gasteiger partial charge on any atom is 0.216 e. The van der Waals surface area contributed by atoms with Gasteiger partial charge in [0.15, 0.2) is 0 Å². The van der Waals surface area contributed by atoms with E-state index < -0.39 is 10.0 Å². The van der Waals surface area contributed by atoms with Crippen LogP contribution in [0.15, 0.2) is 30.3 Å². The van der Waals surface area contributed by atoms with Crippen molar-refractivity contribution in [2.75, 3.05) is 0 Å². The van der Waals surface area contributed by atoms with Crippen LogP contribution in [0.25, 0.3) is 0 Å². The van der Waals surface area contributed by atoms with Gasteiger partial charge < -0.3 is 0 Å². The van der Waals surface area contributed by atoms with Crippen molar-refractivity contribution in [1.82, 2.24) is 4.72 Å². The Hall–Kier alpha value is -0.870. The van der Waals surface area contributed by atoms with Crippen molar-refractivity contribution in [1.29, 1.82) is 0 Å². The highest BCUT2D eigenvalue weighted by Gasteiger charge is 2.42. The SMILES string of the molecule is C[C@H](NS(=O)(=O)Cc1ccccc1)[C@@H]1C[C@H]2CC[C@@H]1C2. The standard InChI is InChI=1S/C16H23NO2S/c1-12(16-10-14-7-8-15(16)9-14)17-20(18,19)11-13-5-3-2-4-6-13/h2-6,12,14-17H,7-11H2,1H3/t12-,14-,15+,16-/m0/s1. The van der Waals surface area contributed by atoms with Gasteiger partial charge >= 0.3 is 0 Å². The zero-order valence-corrected chi connectivity index (χ0v) is 12.8. The summed E-state index contributed by atoms with van der Waals surface area (Å²) >= 11 is 0. The van der Waals surface area contributed by atoms with E-state index in [-0.39, 0.29) is 11.8 Å².